The minimum atomic E-state index is -4.64. The predicted molar refractivity (Wildman–Crippen MR) is 200 cm³/mol. The zero-order valence-electron chi connectivity index (χ0n) is 30.8. The summed E-state index contributed by atoms with van der Waals surface area (Å²) in [5.74, 6) is 0. The van der Waals surface area contributed by atoms with E-state index >= 15 is 0 Å². The number of rotatable bonds is 0. The Morgan fingerprint density at radius 2 is 0.0857 bits per heavy atom. The first-order chi connectivity index (χ1) is 28.0. The molecule has 0 amide bonds. The van der Waals surface area contributed by atoms with Crippen molar-refractivity contribution in [3.8, 4) is 0 Å². The van der Waals surface area contributed by atoms with Gasteiger partial charge in [0.2, 0.25) is 0 Å². The van der Waals surface area contributed by atoms with Crippen LogP contribution in [-0.4, -0.2) is 206 Å². The summed E-state index contributed by atoms with van der Waals surface area (Å²) < 4.78 is 124. The maximum atomic E-state index is 8.88. The van der Waals surface area contributed by atoms with Crippen molar-refractivity contribution in [1.29, 1.82) is 0 Å². The molecule has 70 heavy (non-hydrogen) atoms. The predicted octanol–water partition coefficient (Wildman–Crippen LogP) is -13.0. The van der Waals surface area contributed by atoms with Crippen molar-refractivity contribution in [2.24, 2.45) is 0 Å². The highest BCUT2D eigenvalue weighted by Crippen LogP contribution is 2.31. The van der Waals surface area contributed by atoms with Crippen LogP contribution < -0.4 is 0 Å². The van der Waals surface area contributed by atoms with Crippen molar-refractivity contribution >= 4 is 110 Å². The summed E-state index contributed by atoms with van der Waals surface area (Å²) in [6.07, 6.45) is 0. The molecule has 0 bridgehead atoms. The molecule has 448 valence electrons. The topological polar surface area (TPSA) is 1090 Å². The highest BCUT2D eigenvalue weighted by atomic mass is 31.2. The second kappa shape index (κ2) is 46.6. The summed E-state index contributed by atoms with van der Waals surface area (Å²) in [6.45, 7) is 0. The lowest BCUT2D eigenvalue weighted by atomic mass is 15.8. The molecule has 56 nitrogen and oxygen atoms in total. The summed E-state index contributed by atoms with van der Waals surface area (Å²) in [6, 6.07) is 0. The van der Waals surface area contributed by atoms with E-state index in [9.17, 15) is 0 Å². The molecule has 0 aromatic carbocycles. The van der Waals surface area contributed by atoms with E-state index < -0.39 is 110 Å². The summed E-state index contributed by atoms with van der Waals surface area (Å²) >= 11 is 0. The number of hydrogen-bond acceptors (Lipinski definition) is 14. The van der Waals surface area contributed by atoms with Gasteiger partial charge in [0.15, 0.2) is 0 Å². The normalized spacial score (nSPS) is 11.8. The van der Waals surface area contributed by atoms with E-state index in [0.717, 1.165) is 0 Å². The molecule has 0 aliphatic heterocycles. The lowest BCUT2D eigenvalue weighted by Gasteiger charge is -1.82. The monoisotopic (exact) mass is 1370 g/mol. The van der Waals surface area contributed by atoms with Gasteiger partial charge in [0, 0.05) is 0 Å². The average molecular weight is 1370 g/mol. The molecule has 0 unspecified atom stereocenters. The Hall–Kier alpha value is 1.54. The molecule has 70 heteroatoms. The smallest absolute Gasteiger partial charge is 0.303 e. The van der Waals surface area contributed by atoms with Gasteiger partial charge in [-0.1, -0.05) is 0 Å². The SMILES string of the molecule is O=P(O)(O)O.O=P(O)(O)O.O=P(O)(O)O.O=P(O)(O)O.O=P(O)(O)O.O=P(O)(O)O.O=P(O)(O)O.O=P(O)(O)O.O=P(O)(O)O.O=P(O)(O)O.O=P(O)(O)O.O=P(O)(O)O.O=P(O)(O)O.O=P(O)(O)O. The van der Waals surface area contributed by atoms with E-state index in [1.165, 1.54) is 0 Å². The maximum Gasteiger partial charge on any atom is 0.466 e. The Bertz CT molecular complexity index is 1230. The molecule has 0 saturated heterocycles. The van der Waals surface area contributed by atoms with E-state index in [-0.39, 0.29) is 0 Å². The molecular formula is H42O56P14. The van der Waals surface area contributed by atoms with Gasteiger partial charge in [0.25, 0.3) is 0 Å². The van der Waals surface area contributed by atoms with E-state index in [1.54, 1.807) is 0 Å². The summed E-state index contributed by atoms with van der Waals surface area (Å²) in [5.41, 5.74) is 0. The molecule has 0 atom stereocenters. The summed E-state index contributed by atoms with van der Waals surface area (Å²) in [5, 5.41) is 0. The quantitative estimate of drug-likeness (QED) is 0.100. The van der Waals surface area contributed by atoms with Crippen molar-refractivity contribution in [3.05, 3.63) is 0 Å². The fourth-order valence-corrected chi connectivity index (χ4v) is 0. The molecule has 0 aliphatic rings. The van der Waals surface area contributed by atoms with Crippen LogP contribution in [0.15, 0.2) is 0 Å². The van der Waals surface area contributed by atoms with Crippen LogP contribution >= 0.6 is 110 Å². The first-order valence-electron chi connectivity index (χ1n) is 11.0. The number of hydrogen-bond donors (Lipinski definition) is 42. The first kappa shape index (κ1) is 108. The van der Waals surface area contributed by atoms with Crippen LogP contribution in [0.25, 0.3) is 0 Å². The van der Waals surface area contributed by atoms with Gasteiger partial charge >= 0.3 is 110 Å². The van der Waals surface area contributed by atoms with Gasteiger partial charge in [-0.25, -0.2) is 63.9 Å². The van der Waals surface area contributed by atoms with E-state index in [2.05, 4.69) is 0 Å². The van der Waals surface area contributed by atoms with Gasteiger partial charge in [-0.3, -0.25) is 0 Å². The minimum absolute atomic E-state index is 4.64. The molecule has 42 N–H and O–H groups in total. The zero-order chi connectivity index (χ0) is 63.0. The minimum Gasteiger partial charge on any atom is -0.303 e. The van der Waals surface area contributed by atoms with Crippen LogP contribution in [0.4, 0.5) is 0 Å². The molecule has 0 heterocycles. The number of phosphoric acid groups is 14. The lowest BCUT2D eigenvalue weighted by molar-refractivity contribution is 0.272. The molecule has 0 aromatic heterocycles. The average Bonchev–Trinajstić information content (AvgIpc) is 2.60. The Kier molecular flexibility index (Phi) is 71.6. The largest absolute Gasteiger partial charge is 0.466 e. The second-order valence-electron chi connectivity index (χ2n) is 7.19. The van der Waals surface area contributed by atoms with Gasteiger partial charge in [0.05, 0.1) is 0 Å². The molecule has 0 fully saturated rings. The molecule has 0 radical (unpaired) electrons. The van der Waals surface area contributed by atoms with Crippen molar-refractivity contribution < 1.29 is 269 Å². The highest BCUT2D eigenvalue weighted by molar-refractivity contribution is 7.48. The van der Waals surface area contributed by atoms with Gasteiger partial charge in [0.1, 0.15) is 0 Å². The third kappa shape index (κ3) is 138000. The Morgan fingerprint density at radius 3 is 0.0857 bits per heavy atom. The molecule has 0 spiro atoms. The van der Waals surface area contributed by atoms with Crippen LogP contribution in [0.3, 0.4) is 0 Å². The van der Waals surface area contributed by atoms with Crippen LogP contribution in [0, 0.1) is 0 Å². The van der Waals surface area contributed by atoms with Crippen LogP contribution in [-0.2, 0) is 63.9 Å². The molecule has 0 aliphatic carbocycles. The maximum absolute atomic E-state index is 8.88. The van der Waals surface area contributed by atoms with E-state index in [4.69, 9.17) is 269 Å². The van der Waals surface area contributed by atoms with Gasteiger partial charge < -0.3 is 206 Å². The second-order valence-corrected chi connectivity index (χ2v) is 21.6. The lowest BCUT2D eigenvalue weighted by Crippen LogP contribution is -1.66. The summed E-state index contributed by atoms with van der Waals surface area (Å²) in [7, 11) is -64.9. The zero-order valence-corrected chi connectivity index (χ0v) is 43.3. The van der Waals surface area contributed by atoms with Crippen LogP contribution in [0.2, 0.25) is 0 Å². The summed E-state index contributed by atoms with van der Waals surface area (Å²) in [4.78, 5) is 302. The van der Waals surface area contributed by atoms with Crippen molar-refractivity contribution in [2.75, 3.05) is 0 Å². The Balaban J connectivity index is -0.0000000402. The standard InChI is InChI=1S/14H3O4P/c14*1-5(2,3)4/h14*(H3,1,2,3,4). The Labute approximate surface area is 379 Å². The van der Waals surface area contributed by atoms with Crippen molar-refractivity contribution in [3.63, 3.8) is 0 Å². The van der Waals surface area contributed by atoms with Crippen molar-refractivity contribution in [1.82, 2.24) is 0 Å². The van der Waals surface area contributed by atoms with Crippen LogP contribution in [0.5, 0.6) is 0 Å². The third-order valence-electron chi connectivity index (χ3n) is 0. The fraction of sp³-hybridized carbons (Fsp3) is 0. The van der Waals surface area contributed by atoms with E-state index in [1.807, 2.05) is 0 Å². The molecule has 0 aromatic rings. The van der Waals surface area contributed by atoms with E-state index in [0.29, 0.717) is 0 Å². The first-order valence-corrected chi connectivity index (χ1v) is 32.9. The fourth-order valence-electron chi connectivity index (χ4n) is 0. The molecular weight excluding hydrogens is 1330 g/mol. The Morgan fingerprint density at radius 1 is 0.0857 bits per heavy atom. The van der Waals surface area contributed by atoms with Gasteiger partial charge in [-0.05, 0) is 0 Å². The van der Waals surface area contributed by atoms with Gasteiger partial charge in [-0.15, -0.1) is 0 Å². The molecule has 0 rings (SSSR count). The third-order valence-corrected chi connectivity index (χ3v) is 0. The van der Waals surface area contributed by atoms with Crippen LogP contribution in [0.1, 0.15) is 0 Å². The van der Waals surface area contributed by atoms with Gasteiger partial charge in [-0.2, -0.15) is 0 Å². The highest BCUT2D eigenvalue weighted by Gasteiger charge is 2.05. The van der Waals surface area contributed by atoms with Crippen molar-refractivity contribution in [2.45, 2.75) is 0 Å². The molecule has 0 saturated carbocycles.